The molecule has 2 heterocycles. The maximum Gasteiger partial charge on any atom is 0.336 e. The van der Waals surface area contributed by atoms with Gasteiger partial charge in [0.25, 0.3) is 5.56 Å². The second-order valence-electron chi connectivity index (χ2n) is 8.17. The summed E-state index contributed by atoms with van der Waals surface area (Å²) in [6.07, 6.45) is 0.156. The Morgan fingerprint density at radius 1 is 0.917 bits per heavy atom. The molecule has 0 bridgehead atoms. The monoisotopic (exact) mass is 492 g/mol. The summed E-state index contributed by atoms with van der Waals surface area (Å²) in [6, 6.07) is 27.0. The van der Waals surface area contributed by atoms with Crippen molar-refractivity contribution in [2.75, 3.05) is 5.32 Å². The van der Waals surface area contributed by atoms with Crippen LogP contribution in [0.2, 0.25) is 0 Å². The molecule has 0 atom stereocenters. The van der Waals surface area contributed by atoms with Crippen LogP contribution in [0.15, 0.2) is 99.9 Å². The fourth-order valence-corrected chi connectivity index (χ4v) is 4.90. The van der Waals surface area contributed by atoms with Crippen LogP contribution in [0.5, 0.6) is 0 Å². The Labute approximate surface area is 210 Å². The number of amides is 1. The van der Waals surface area contributed by atoms with E-state index < -0.39 is 11.2 Å². The number of carbonyl (C=O) groups is 1. The molecule has 0 fully saturated rings. The fourth-order valence-electron chi connectivity index (χ4n) is 4.08. The lowest BCUT2D eigenvalue weighted by Crippen LogP contribution is -2.38. The summed E-state index contributed by atoms with van der Waals surface area (Å²) in [5, 5.41) is 14.1. The molecule has 0 radical (unpaired) electrons. The largest absolute Gasteiger partial charge is 0.336 e. The van der Waals surface area contributed by atoms with Crippen LogP contribution in [-0.2, 0) is 17.8 Å². The molecule has 0 aliphatic heterocycles. The Morgan fingerprint density at radius 2 is 1.64 bits per heavy atom. The molecule has 0 aliphatic carbocycles. The number of anilines is 1. The SMILES string of the molecule is N#Cc1ccccc1Cn1c(=O)n(-c2ccc(CC(=O)Nc3ccccc3)cc2)c(=O)c2sccc21. The van der Waals surface area contributed by atoms with Crippen molar-refractivity contribution in [2.24, 2.45) is 0 Å². The third kappa shape index (κ3) is 4.48. The van der Waals surface area contributed by atoms with E-state index in [1.807, 2.05) is 36.4 Å². The lowest BCUT2D eigenvalue weighted by atomic mass is 10.1. The number of thiophene rings is 1. The molecule has 0 saturated carbocycles. The number of hydrogen-bond donors (Lipinski definition) is 1. The van der Waals surface area contributed by atoms with Crippen LogP contribution in [-0.4, -0.2) is 15.0 Å². The summed E-state index contributed by atoms with van der Waals surface area (Å²) < 4.78 is 3.11. The number of nitrogens with zero attached hydrogens (tertiary/aromatic N) is 3. The van der Waals surface area contributed by atoms with Gasteiger partial charge in [0.05, 0.1) is 35.8 Å². The normalized spacial score (nSPS) is 10.8. The van der Waals surface area contributed by atoms with Crippen molar-refractivity contribution in [3.63, 3.8) is 0 Å². The number of nitriles is 1. The van der Waals surface area contributed by atoms with Gasteiger partial charge in [0, 0.05) is 5.69 Å². The topological polar surface area (TPSA) is 96.9 Å². The van der Waals surface area contributed by atoms with Gasteiger partial charge in [-0.1, -0.05) is 48.5 Å². The molecular weight excluding hydrogens is 472 g/mol. The highest BCUT2D eigenvalue weighted by Crippen LogP contribution is 2.19. The summed E-state index contributed by atoms with van der Waals surface area (Å²) in [5.74, 6) is -0.162. The molecule has 0 saturated heterocycles. The van der Waals surface area contributed by atoms with E-state index in [0.717, 1.165) is 10.1 Å². The van der Waals surface area contributed by atoms with Crippen LogP contribution in [0.4, 0.5) is 5.69 Å². The third-order valence-corrected chi connectivity index (χ3v) is 6.73. The third-order valence-electron chi connectivity index (χ3n) is 5.84. The number of hydrogen-bond acceptors (Lipinski definition) is 5. The van der Waals surface area contributed by atoms with Crippen molar-refractivity contribution in [2.45, 2.75) is 13.0 Å². The smallest absolute Gasteiger partial charge is 0.326 e. The molecule has 7 nitrogen and oxygen atoms in total. The first-order valence-corrected chi connectivity index (χ1v) is 12.1. The van der Waals surface area contributed by atoms with Crippen molar-refractivity contribution >= 4 is 33.1 Å². The second-order valence-corrected chi connectivity index (χ2v) is 9.09. The van der Waals surface area contributed by atoms with Gasteiger partial charge in [-0.15, -0.1) is 11.3 Å². The maximum atomic E-state index is 13.6. The van der Waals surface area contributed by atoms with Crippen molar-refractivity contribution in [3.05, 3.63) is 128 Å². The number of fused-ring (bicyclic) bond motifs is 1. The van der Waals surface area contributed by atoms with Gasteiger partial charge in [0.2, 0.25) is 5.91 Å². The van der Waals surface area contributed by atoms with Crippen molar-refractivity contribution < 1.29 is 4.79 Å². The maximum absolute atomic E-state index is 13.6. The average Bonchev–Trinajstić information content (AvgIpc) is 3.39. The van der Waals surface area contributed by atoms with Gasteiger partial charge in [-0.05, 0) is 52.9 Å². The molecular formula is C28H20N4O3S. The fraction of sp³-hybridized carbons (Fsp3) is 0.0714. The molecule has 5 aromatic rings. The van der Waals surface area contributed by atoms with Gasteiger partial charge in [-0.25, -0.2) is 9.36 Å². The zero-order valence-corrected chi connectivity index (χ0v) is 19.9. The van der Waals surface area contributed by atoms with Crippen LogP contribution in [0, 0.1) is 11.3 Å². The van der Waals surface area contributed by atoms with Gasteiger partial charge in [-0.2, -0.15) is 5.26 Å². The molecule has 0 aliphatic rings. The Balaban J connectivity index is 1.49. The predicted octanol–water partition coefficient (Wildman–Crippen LogP) is 4.32. The second kappa shape index (κ2) is 9.86. The summed E-state index contributed by atoms with van der Waals surface area (Å²) in [4.78, 5) is 39.2. The van der Waals surface area contributed by atoms with E-state index in [9.17, 15) is 19.6 Å². The molecule has 1 amide bonds. The van der Waals surface area contributed by atoms with E-state index in [1.54, 1.807) is 53.9 Å². The molecule has 176 valence electrons. The van der Waals surface area contributed by atoms with E-state index in [-0.39, 0.29) is 18.9 Å². The zero-order chi connectivity index (χ0) is 25.1. The molecule has 5 rings (SSSR count). The summed E-state index contributed by atoms with van der Waals surface area (Å²) in [7, 11) is 0. The van der Waals surface area contributed by atoms with E-state index in [1.165, 1.54) is 15.9 Å². The quantitative estimate of drug-likeness (QED) is 0.382. The Hall–Kier alpha value is -4.74. The minimum absolute atomic E-state index is 0.156. The van der Waals surface area contributed by atoms with E-state index >= 15 is 0 Å². The van der Waals surface area contributed by atoms with Gasteiger partial charge >= 0.3 is 5.69 Å². The van der Waals surface area contributed by atoms with E-state index in [4.69, 9.17) is 0 Å². The first-order valence-electron chi connectivity index (χ1n) is 11.2. The molecule has 0 spiro atoms. The number of carbonyl (C=O) groups excluding carboxylic acids is 1. The highest BCUT2D eigenvalue weighted by molar-refractivity contribution is 7.17. The Kier molecular flexibility index (Phi) is 6.31. The van der Waals surface area contributed by atoms with Gasteiger partial charge in [0.15, 0.2) is 0 Å². The highest BCUT2D eigenvalue weighted by atomic mass is 32.1. The minimum Gasteiger partial charge on any atom is -0.326 e. The van der Waals surface area contributed by atoms with Crippen molar-refractivity contribution in [3.8, 4) is 11.8 Å². The minimum atomic E-state index is -0.492. The summed E-state index contributed by atoms with van der Waals surface area (Å²) in [5.41, 5.74) is 2.69. The first kappa shape index (κ1) is 23.0. The zero-order valence-electron chi connectivity index (χ0n) is 19.0. The summed E-state index contributed by atoms with van der Waals surface area (Å²) in [6.45, 7) is 0.161. The lowest BCUT2D eigenvalue weighted by molar-refractivity contribution is -0.115. The van der Waals surface area contributed by atoms with Crippen LogP contribution < -0.4 is 16.6 Å². The van der Waals surface area contributed by atoms with Crippen LogP contribution in [0.1, 0.15) is 16.7 Å². The summed E-state index contributed by atoms with van der Waals surface area (Å²) >= 11 is 1.27. The highest BCUT2D eigenvalue weighted by Gasteiger charge is 2.17. The molecule has 2 aromatic heterocycles. The number of nitrogens with one attached hydrogen (secondary N) is 1. The average molecular weight is 493 g/mol. The van der Waals surface area contributed by atoms with Crippen LogP contribution in [0.25, 0.3) is 15.9 Å². The first-order chi connectivity index (χ1) is 17.5. The number of aromatic nitrogens is 2. The predicted molar refractivity (Wildman–Crippen MR) is 141 cm³/mol. The van der Waals surface area contributed by atoms with Gasteiger partial charge in [0.1, 0.15) is 4.70 Å². The number of rotatable bonds is 6. The van der Waals surface area contributed by atoms with Crippen LogP contribution in [0.3, 0.4) is 0 Å². The molecule has 8 heteroatoms. The van der Waals surface area contributed by atoms with Crippen molar-refractivity contribution in [1.29, 1.82) is 5.26 Å². The number of para-hydroxylation sites is 1. The standard InChI is InChI=1S/C28H20N4O3S/c29-17-20-6-4-5-7-21(20)18-31-24-14-15-36-26(24)27(34)32(28(31)35)23-12-10-19(11-13-23)16-25(33)30-22-8-2-1-3-9-22/h1-15H,16,18H2,(H,30,33). The van der Waals surface area contributed by atoms with Crippen molar-refractivity contribution in [1.82, 2.24) is 9.13 Å². The molecule has 3 aromatic carbocycles. The molecule has 0 unspecified atom stereocenters. The van der Waals surface area contributed by atoms with Gasteiger partial charge < -0.3 is 5.32 Å². The molecule has 1 N–H and O–H groups in total. The van der Waals surface area contributed by atoms with E-state index in [2.05, 4.69) is 11.4 Å². The van der Waals surface area contributed by atoms with E-state index in [0.29, 0.717) is 32.7 Å². The molecule has 36 heavy (non-hydrogen) atoms. The lowest BCUT2D eigenvalue weighted by Gasteiger charge is -2.13. The van der Waals surface area contributed by atoms with Crippen LogP contribution >= 0.6 is 11.3 Å². The number of benzene rings is 3. The Morgan fingerprint density at radius 3 is 2.39 bits per heavy atom. The Bertz CT molecular complexity index is 1730. The van der Waals surface area contributed by atoms with Gasteiger partial charge in [-0.3, -0.25) is 14.2 Å².